The van der Waals surface area contributed by atoms with Crippen LogP contribution in [0.3, 0.4) is 0 Å². The van der Waals surface area contributed by atoms with Gasteiger partial charge < -0.3 is 14.8 Å². The molecule has 0 aromatic heterocycles. The largest absolute Gasteiger partial charge is 0.491 e. The third-order valence-corrected chi connectivity index (χ3v) is 4.10. The average molecular weight is 261 g/mol. The lowest BCUT2D eigenvalue weighted by molar-refractivity contribution is 0.0679. The average Bonchev–Trinajstić information content (AvgIpc) is 3.06. The molecule has 3 heteroatoms. The first-order chi connectivity index (χ1) is 9.36. The van der Waals surface area contributed by atoms with Gasteiger partial charge in [-0.3, -0.25) is 0 Å². The van der Waals surface area contributed by atoms with Crippen molar-refractivity contribution in [3.8, 4) is 5.75 Å². The van der Waals surface area contributed by atoms with E-state index in [4.69, 9.17) is 9.47 Å². The van der Waals surface area contributed by atoms with Crippen molar-refractivity contribution in [1.29, 1.82) is 0 Å². The van der Waals surface area contributed by atoms with Gasteiger partial charge in [0, 0.05) is 12.6 Å². The summed E-state index contributed by atoms with van der Waals surface area (Å²) in [4.78, 5) is 0. The number of fused-ring (bicyclic) bond motifs is 1. The maximum Gasteiger partial charge on any atom is 0.119 e. The molecule has 1 aliphatic heterocycles. The molecular weight excluding hydrogens is 238 g/mol. The molecule has 2 unspecified atom stereocenters. The molecule has 0 radical (unpaired) electrons. The van der Waals surface area contributed by atoms with Crippen LogP contribution < -0.4 is 10.1 Å². The Morgan fingerprint density at radius 1 is 1.37 bits per heavy atom. The summed E-state index contributed by atoms with van der Waals surface area (Å²) in [6, 6.07) is 7.07. The van der Waals surface area contributed by atoms with Crippen LogP contribution in [0.1, 0.15) is 43.4 Å². The fraction of sp³-hybridized carbons (Fsp3) is 0.625. The predicted octanol–water partition coefficient (Wildman–Crippen LogP) is 2.84. The molecule has 1 N–H and O–H groups in total. The highest BCUT2D eigenvalue weighted by atomic mass is 16.5. The number of benzene rings is 1. The van der Waals surface area contributed by atoms with Gasteiger partial charge in [0.05, 0.1) is 6.10 Å². The highest BCUT2D eigenvalue weighted by Crippen LogP contribution is 2.33. The molecule has 0 bridgehead atoms. The molecule has 2 aliphatic rings. The van der Waals surface area contributed by atoms with E-state index in [1.165, 1.54) is 24.0 Å². The third-order valence-electron chi connectivity index (χ3n) is 4.10. The summed E-state index contributed by atoms with van der Waals surface area (Å²) in [6.07, 6.45) is 4.96. The van der Waals surface area contributed by atoms with Crippen LogP contribution in [0.5, 0.6) is 5.75 Å². The van der Waals surface area contributed by atoms with Crippen LogP contribution in [-0.4, -0.2) is 25.9 Å². The van der Waals surface area contributed by atoms with Gasteiger partial charge in [0.2, 0.25) is 0 Å². The lowest BCUT2D eigenvalue weighted by Gasteiger charge is -2.14. The summed E-state index contributed by atoms with van der Waals surface area (Å²) < 4.78 is 11.4. The van der Waals surface area contributed by atoms with Gasteiger partial charge in [-0.2, -0.15) is 0 Å². The summed E-state index contributed by atoms with van der Waals surface area (Å²) in [6.45, 7) is 4.77. The van der Waals surface area contributed by atoms with Crippen molar-refractivity contribution in [2.75, 3.05) is 19.8 Å². The van der Waals surface area contributed by atoms with E-state index < -0.39 is 0 Å². The molecule has 19 heavy (non-hydrogen) atoms. The van der Waals surface area contributed by atoms with Crippen LogP contribution in [0.4, 0.5) is 0 Å². The van der Waals surface area contributed by atoms with Crippen molar-refractivity contribution in [2.45, 2.75) is 44.8 Å². The minimum absolute atomic E-state index is 0.294. The number of hydrogen-bond donors (Lipinski definition) is 1. The predicted molar refractivity (Wildman–Crippen MR) is 75.6 cm³/mol. The van der Waals surface area contributed by atoms with Crippen LogP contribution in [0.2, 0.25) is 0 Å². The second-order valence-electron chi connectivity index (χ2n) is 5.46. The van der Waals surface area contributed by atoms with Gasteiger partial charge in [0.1, 0.15) is 12.4 Å². The van der Waals surface area contributed by atoms with E-state index in [-0.39, 0.29) is 0 Å². The molecule has 0 saturated carbocycles. The van der Waals surface area contributed by atoms with Crippen LogP contribution in [0.15, 0.2) is 18.2 Å². The number of hydrogen-bond acceptors (Lipinski definition) is 3. The molecule has 1 heterocycles. The molecule has 1 aromatic carbocycles. The van der Waals surface area contributed by atoms with E-state index in [2.05, 4.69) is 30.4 Å². The zero-order valence-electron chi connectivity index (χ0n) is 11.7. The van der Waals surface area contributed by atoms with Crippen molar-refractivity contribution in [1.82, 2.24) is 5.32 Å². The molecule has 3 rings (SSSR count). The van der Waals surface area contributed by atoms with Gasteiger partial charge in [-0.05, 0) is 55.5 Å². The fourth-order valence-electron chi connectivity index (χ4n) is 3.11. The Kier molecular flexibility index (Phi) is 4.04. The summed E-state index contributed by atoms with van der Waals surface area (Å²) in [5, 5.41) is 3.54. The number of ether oxygens (including phenoxy) is 2. The molecule has 0 spiro atoms. The molecule has 2 atom stereocenters. The van der Waals surface area contributed by atoms with Gasteiger partial charge in [-0.15, -0.1) is 0 Å². The van der Waals surface area contributed by atoms with E-state index in [0.29, 0.717) is 18.8 Å². The Balaban J connectivity index is 1.62. The quantitative estimate of drug-likeness (QED) is 0.884. The minimum atomic E-state index is 0.294. The van der Waals surface area contributed by atoms with Gasteiger partial charge in [-0.25, -0.2) is 0 Å². The molecule has 1 saturated heterocycles. The lowest BCUT2D eigenvalue weighted by Crippen LogP contribution is -2.18. The highest BCUT2D eigenvalue weighted by Gasteiger charge is 2.22. The Morgan fingerprint density at radius 2 is 2.32 bits per heavy atom. The zero-order valence-corrected chi connectivity index (χ0v) is 11.7. The maximum atomic E-state index is 5.86. The van der Waals surface area contributed by atoms with E-state index >= 15 is 0 Å². The van der Waals surface area contributed by atoms with Crippen LogP contribution in [0, 0.1) is 0 Å². The Hall–Kier alpha value is -1.06. The molecular formula is C16H23NO2. The molecule has 1 fully saturated rings. The first-order valence-electron chi connectivity index (χ1n) is 7.47. The Labute approximate surface area is 115 Å². The van der Waals surface area contributed by atoms with Crippen molar-refractivity contribution in [3.05, 3.63) is 29.3 Å². The van der Waals surface area contributed by atoms with Crippen LogP contribution in [0.25, 0.3) is 0 Å². The lowest BCUT2D eigenvalue weighted by atomic mass is 10.1. The summed E-state index contributed by atoms with van der Waals surface area (Å²) in [5.41, 5.74) is 2.89. The van der Waals surface area contributed by atoms with Crippen molar-refractivity contribution in [2.24, 2.45) is 0 Å². The topological polar surface area (TPSA) is 30.5 Å². The second kappa shape index (κ2) is 5.93. The Morgan fingerprint density at radius 3 is 3.11 bits per heavy atom. The summed E-state index contributed by atoms with van der Waals surface area (Å²) >= 11 is 0. The Bertz CT molecular complexity index is 427. The van der Waals surface area contributed by atoms with E-state index in [0.717, 1.165) is 31.7 Å². The normalized spacial score (nSPS) is 25.5. The smallest absolute Gasteiger partial charge is 0.119 e. The van der Waals surface area contributed by atoms with E-state index in [1.807, 2.05) is 0 Å². The van der Waals surface area contributed by atoms with Gasteiger partial charge >= 0.3 is 0 Å². The van der Waals surface area contributed by atoms with Crippen LogP contribution >= 0.6 is 0 Å². The minimum Gasteiger partial charge on any atom is -0.491 e. The van der Waals surface area contributed by atoms with Gasteiger partial charge in [-0.1, -0.05) is 13.0 Å². The first kappa shape index (κ1) is 12.9. The second-order valence-corrected chi connectivity index (χ2v) is 5.46. The summed E-state index contributed by atoms with van der Waals surface area (Å²) in [7, 11) is 0. The standard InChI is InChI=1S/C16H23NO2/c1-2-17-16-8-5-12-10-13(6-7-15(12)16)19-11-14-4-3-9-18-14/h6-7,10,14,16-17H,2-5,8-9,11H2,1H3. The maximum absolute atomic E-state index is 5.86. The van der Waals surface area contributed by atoms with Crippen molar-refractivity contribution in [3.63, 3.8) is 0 Å². The van der Waals surface area contributed by atoms with Crippen molar-refractivity contribution < 1.29 is 9.47 Å². The van der Waals surface area contributed by atoms with E-state index in [1.54, 1.807) is 0 Å². The highest BCUT2D eigenvalue weighted by molar-refractivity contribution is 5.40. The van der Waals surface area contributed by atoms with Gasteiger partial charge in [0.15, 0.2) is 0 Å². The molecule has 1 aliphatic carbocycles. The fourth-order valence-corrected chi connectivity index (χ4v) is 3.11. The van der Waals surface area contributed by atoms with E-state index in [9.17, 15) is 0 Å². The zero-order chi connectivity index (χ0) is 13.1. The number of aryl methyl sites for hydroxylation is 1. The first-order valence-corrected chi connectivity index (χ1v) is 7.47. The van der Waals surface area contributed by atoms with Crippen LogP contribution in [-0.2, 0) is 11.2 Å². The third kappa shape index (κ3) is 2.93. The number of nitrogens with one attached hydrogen (secondary N) is 1. The molecule has 0 amide bonds. The van der Waals surface area contributed by atoms with Gasteiger partial charge in [0.25, 0.3) is 0 Å². The molecule has 1 aromatic rings. The van der Waals surface area contributed by atoms with Crippen molar-refractivity contribution >= 4 is 0 Å². The monoisotopic (exact) mass is 261 g/mol. The molecule has 104 valence electrons. The molecule has 3 nitrogen and oxygen atoms in total. The summed E-state index contributed by atoms with van der Waals surface area (Å²) in [5.74, 6) is 0.992. The number of rotatable bonds is 5. The SMILES string of the molecule is CCNC1CCc2cc(OCC3CCCO3)ccc21.